The molecule has 0 unspecified atom stereocenters. The van der Waals surface area contributed by atoms with Crippen LogP contribution in [-0.4, -0.2) is 35.1 Å². The minimum absolute atomic E-state index is 0.289. The Balaban J connectivity index is 1.90. The van der Waals surface area contributed by atoms with E-state index < -0.39 is 0 Å². The van der Waals surface area contributed by atoms with Crippen molar-refractivity contribution in [3.8, 4) is 5.88 Å². The summed E-state index contributed by atoms with van der Waals surface area (Å²) in [4.78, 5) is 0. The van der Waals surface area contributed by atoms with Gasteiger partial charge in [0.2, 0.25) is 5.88 Å². The first-order valence-corrected chi connectivity index (χ1v) is 6.50. The molecule has 18 heavy (non-hydrogen) atoms. The molecular weight excluding hydrogens is 230 g/mol. The quantitative estimate of drug-likeness (QED) is 0.761. The van der Waals surface area contributed by atoms with Crippen LogP contribution in [-0.2, 0) is 13.6 Å². The number of nitrogens with zero attached hydrogens (tertiary/aromatic N) is 2. The molecule has 1 aromatic rings. The summed E-state index contributed by atoms with van der Waals surface area (Å²) in [6.45, 7) is 4.03. The molecule has 0 atom stereocenters. The Morgan fingerprint density at radius 2 is 2.22 bits per heavy atom. The van der Waals surface area contributed by atoms with E-state index >= 15 is 0 Å². The maximum Gasteiger partial charge on any atom is 0.216 e. The van der Waals surface area contributed by atoms with Crippen LogP contribution in [0.15, 0.2) is 0 Å². The van der Waals surface area contributed by atoms with Gasteiger partial charge in [0.05, 0.1) is 18.4 Å². The number of rotatable bonds is 7. The van der Waals surface area contributed by atoms with Crippen LogP contribution in [0.2, 0.25) is 0 Å². The largest absolute Gasteiger partial charge is 0.481 e. The summed E-state index contributed by atoms with van der Waals surface area (Å²) in [5.74, 6) is 0.826. The molecule has 102 valence electrons. The Hall–Kier alpha value is -1.07. The second-order valence-electron chi connectivity index (χ2n) is 5.27. The number of aliphatic hydroxyl groups excluding tert-OH is 1. The van der Waals surface area contributed by atoms with Crippen LogP contribution in [0.5, 0.6) is 5.88 Å². The molecule has 1 aromatic heterocycles. The van der Waals surface area contributed by atoms with Gasteiger partial charge in [0.1, 0.15) is 0 Å². The molecule has 0 aliphatic heterocycles. The van der Waals surface area contributed by atoms with Crippen molar-refractivity contribution in [2.75, 3.05) is 20.3 Å². The molecule has 2 rings (SSSR count). The van der Waals surface area contributed by atoms with Crippen molar-refractivity contribution in [3.63, 3.8) is 0 Å². The number of ether oxygens (including phenoxy) is 1. The number of hydrogen-bond acceptors (Lipinski definition) is 4. The lowest BCUT2D eigenvalue weighted by molar-refractivity contribution is 0.245. The summed E-state index contributed by atoms with van der Waals surface area (Å²) in [6, 6.07) is 0. The normalized spacial score (nSPS) is 16.9. The first-order valence-electron chi connectivity index (χ1n) is 6.50. The van der Waals surface area contributed by atoms with Crippen molar-refractivity contribution in [1.29, 1.82) is 0 Å². The number of hydrogen-bond donors (Lipinski definition) is 2. The monoisotopic (exact) mass is 253 g/mol. The van der Waals surface area contributed by atoms with E-state index in [1.807, 2.05) is 14.0 Å². The molecular formula is C13H23N3O2. The first kappa shape index (κ1) is 13.4. The van der Waals surface area contributed by atoms with Crippen molar-refractivity contribution < 1.29 is 9.84 Å². The highest BCUT2D eigenvalue weighted by molar-refractivity contribution is 5.30. The summed E-state index contributed by atoms with van der Waals surface area (Å²) in [6.07, 6.45) is 3.36. The zero-order valence-electron chi connectivity index (χ0n) is 11.5. The maximum atomic E-state index is 9.03. The zero-order valence-corrected chi connectivity index (χ0v) is 11.5. The average molecular weight is 253 g/mol. The van der Waals surface area contributed by atoms with E-state index in [0.717, 1.165) is 36.6 Å². The maximum absolute atomic E-state index is 9.03. The fourth-order valence-corrected chi connectivity index (χ4v) is 2.52. The molecule has 2 N–H and O–H groups in total. The molecule has 1 heterocycles. The van der Waals surface area contributed by atoms with Crippen LogP contribution in [0.3, 0.4) is 0 Å². The van der Waals surface area contributed by atoms with Gasteiger partial charge < -0.3 is 15.2 Å². The molecule has 1 saturated carbocycles. The minimum Gasteiger partial charge on any atom is -0.481 e. The molecule has 1 fully saturated rings. The predicted octanol–water partition coefficient (Wildman–Crippen LogP) is 0.989. The standard InChI is InChI=1S/C13H23N3O2/c1-10-11(12(18-3)16(2)15-10)8-14-9-13(4-5-13)6-7-17/h14,17H,4-9H2,1-3H3. The minimum atomic E-state index is 0.289. The topological polar surface area (TPSA) is 59.3 Å². The summed E-state index contributed by atoms with van der Waals surface area (Å²) in [7, 11) is 3.57. The van der Waals surface area contributed by atoms with Gasteiger partial charge in [-0.25, -0.2) is 4.68 Å². The molecule has 5 nitrogen and oxygen atoms in total. The summed E-state index contributed by atoms with van der Waals surface area (Å²) in [5.41, 5.74) is 2.48. The molecule has 1 aliphatic rings. The smallest absolute Gasteiger partial charge is 0.216 e. The molecule has 0 aromatic carbocycles. The summed E-state index contributed by atoms with van der Waals surface area (Å²) < 4.78 is 7.13. The van der Waals surface area contributed by atoms with E-state index in [-0.39, 0.29) is 6.61 Å². The molecule has 0 spiro atoms. The highest BCUT2D eigenvalue weighted by Gasteiger charge is 2.41. The van der Waals surface area contributed by atoms with Crippen molar-refractivity contribution in [2.45, 2.75) is 32.7 Å². The van der Waals surface area contributed by atoms with Crippen molar-refractivity contribution >= 4 is 0 Å². The van der Waals surface area contributed by atoms with Crippen LogP contribution in [0, 0.1) is 12.3 Å². The highest BCUT2D eigenvalue weighted by Crippen LogP contribution is 2.47. The van der Waals surface area contributed by atoms with Gasteiger partial charge in [0, 0.05) is 26.7 Å². The third kappa shape index (κ3) is 2.67. The fraction of sp³-hybridized carbons (Fsp3) is 0.769. The number of nitrogens with one attached hydrogen (secondary N) is 1. The van der Waals surface area contributed by atoms with E-state index in [4.69, 9.17) is 9.84 Å². The summed E-state index contributed by atoms with van der Waals surface area (Å²) in [5, 5.41) is 16.9. The lowest BCUT2D eigenvalue weighted by atomic mass is 10.0. The average Bonchev–Trinajstić information content (AvgIpc) is 3.02. The van der Waals surface area contributed by atoms with E-state index in [1.165, 1.54) is 12.8 Å². The first-order chi connectivity index (χ1) is 8.62. The highest BCUT2D eigenvalue weighted by atomic mass is 16.5. The van der Waals surface area contributed by atoms with Gasteiger partial charge in [-0.1, -0.05) is 0 Å². The molecule has 0 saturated heterocycles. The van der Waals surface area contributed by atoms with Gasteiger partial charge in [0.25, 0.3) is 0 Å². The third-order valence-electron chi connectivity index (χ3n) is 3.88. The third-order valence-corrected chi connectivity index (χ3v) is 3.88. The molecule has 5 heteroatoms. The Kier molecular flexibility index (Phi) is 3.92. The van der Waals surface area contributed by atoms with Crippen LogP contribution in [0.25, 0.3) is 0 Å². The molecule has 0 radical (unpaired) electrons. The Bertz CT molecular complexity index is 411. The van der Waals surface area contributed by atoms with E-state index in [0.29, 0.717) is 5.41 Å². The van der Waals surface area contributed by atoms with Crippen molar-refractivity contribution in [2.24, 2.45) is 12.5 Å². The number of aliphatic hydroxyl groups is 1. The van der Waals surface area contributed by atoms with Gasteiger partial charge in [0.15, 0.2) is 0 Å². The second-order valence-corrected chi connectivity index (χ2v) is 5.27. The Labute approximate surface area is 108 Å². The number of aromatic nitrogens is 2. The van der Waals surface area contributed by atoms with Crippen LogP contribution >= 0.6 is 0 Å². The van der Waals surface area contributed by atoms with E-state index in [1.54, 1.807) is 11.8 Å². The SMILES string of the molecule is COc1c(CNCC2(CCO)CC2)c(C)nn1C. The van der Waals surface area contributed by atoms with Gasteiger partial charge in [-0.2, -0.15) is 5.10 Å². The number of aryl methyl sites for hydroxylation is 2. The Morgan fingerprint density at radius 1 is 1.50 bits per heavy atom. The van der Waals surface area contributed by atoms with Gasteiger partial charge in [-0.05, 0) is 31.6 Å². The predicted molar refractivity (Wildman–Crippen MR) is 69.6 cm³/mol. The lowest BCUT2D eigenvalue weighted by Gasteiger charge is -2.14. The molecule has 0 bridgehead atoms. The van der Waals surface area contributed by atoms with Crippen LogP contribution < -0.4 is 10.1 Å². The number of methoxy groups -OCH3 is 1. The van der Waals surface area contributed by atoms with Crippen molar-refractivity contribution in [3.05, 3.63) is 11.3 Å². The second kappa shape index (κ2) is 5.28. The van der Waals surface area contributed by atoms with E-state index in [2.05, 4.69) is 10.4 Å². The van der Waals surface area contributed by atoms with E-state index in [9.17, 15) is 0 Å². The zero-order chi connectivity index (χ0) is 13.2. The van der Waals surface area contributed by atoms with Crippen LogP contribution in [0.1, 0.15) is 30.5 Å². The van der Waals surface area contributed by atoms with Gasteiger partial charge in [-0.15, -0.1) is 0 Å². The fourth-order valence-electron chi connectivity index (χ4n) is 2.52. The lowest BCUT2D eigenvalue weighted by Crippen LogP contribution is -2.24. The summed E-state index contributed by atoms with van der Waals surface area (Å²) >= 11 is 0. The van der Waals surface area contributed by atoms with Gasteiger partial charge >= 0.3 is 0 Å². The van der Waals surface area contributed by atoms with Crippen molar-refractivity contribution in [1.82, 2.24) is 15.1 Å². The molecule has 1 aliphatic carbocycles. The molecule has 0 amide bonds. The van der Waals surface area contributed by atoms with Gasteiger partial charge in [-0.3, -0.25) is 0 Å². The Morgan fingerprint density at radius 3 is 2.78 bits per heavy atom. The van der Waals surface area contributed by atoms with Crippen LogP contribution in [0.4, 0.5) is 0 Å².